The molecule has 1 N–H and O–H groups in total. The molecule has 5 rings (SSSR count). The lowest BCUT2D eigenvalue weighted by molar-refractivity contribution is -0.128. The molecule has 2 aromatic carbocycles. The number of carbonyl (C=O) groups excluding carboxylic acids is 1. The Morgan fingerprint density at radius 2 is 1.71 bits per heavy atom. The van der Waals surface area contributed by atoms with Crippen molar-refractivity contribution in [3.05, 3.63) is 99.6 Å². The lowest BCUT2D eigenvalue weighted by Gasteiger charge is -2.21. The minimum atomic E-state index is -0.438. The van der Waals surface area contributed by atoms with Gasteiger partial charge in [-0.1, -0.05) is 67.6 Å². The second kappa shape index (κ2) is 10.1. The van der Waals surface area contributed by atoms with Crippen LogP contribution >= 0.6 is 0 Å². The second-order valence-electron chi connectivity index (χ2n) is 10.1. The highest BCUT2D eigenvalue weighted by Gasteiger charge is 2.38. The van der Waals surface area contributed by atoms with Crippen LogP contribution in [0.25, 0.3) is 0 Å². The summed E-state index contributed by atoms with van der Waals surface area (Å²) in [4.78, 5) is 27.7. The number of nitrogens with zero attached hydrogens (tertiary/aromatic N) is 1. The maximum absolute atomic E-state index is 13.2. The normalized spacial score (nSPS) is 19.6. The maximum atomic E-state index is 13.2. The Kier molecular flexibility index (Phi) is 6.76. The molecule has 1 saturated heterocycles. The van der Waals surface area contributed by atoms with E-state index in [1.807, 2.05) is 65.6 Å². The predicted octanol–water partition coefficient (Wildman–Crippen LogP) is 5.82. The predicted molar refractivity (Wildman–Crippen MR) is 135 cm³/mol. The highest BCUT2D eigenvalue weighted by Crippen LogP contribution is 2.48. The molecule has 5 nitrogen and oxygen atoms in total. The highest BCUT2D eigenvalue weighted by molar-refractivity contribution is 5.78. The first kappa shape index (κ1) is 23.4. The lowest BCUT2D eigenvalue weighted by atomic mass is 9.86. The van der Waals surface area contributed by atoms with Gasteiger partial charge in [0.05, 0.1) is 5.56 Å². The van der Waals surface area contributed by atoms with E-state index in [0.29, 0.717) is 36.8 Å². The second-order valence-corrected chi connectivity index (χ2v) is 10.1. The van der Waals surface area contributed by atoms with Crippen LogP contribution in [0.1, 0.15) is 73.3 Å². The fourth-order valence-corrected chi connectivity index (χ4v) is 5.62. The summed E-state index contributed by atoms with van der Waals surface area (Å²) in [6.45, 7) is 3.39. The molecule has 0 radical (unpaired) electrons. The Morgan fingerprint density at radius 1 is 1.03 bits per heavy atom. The van der Waals surface area contributed by atoms with Crippen LogP contribution in [-0.4, -0.2) is 22.5 Å². The number of aromatic hydroxyl groups is 1. The van der Waals surface area contributed by atoms with Gasteiger partial charge in [0, 0.05) is 37.4 Å². The SMILES string of the molecule is CCC(CC1CC(=O)N(Cc2ccccc2)C1)c1cc(O)c(C(c2ccccc2)C2CC2)c(=O)o1. The Morgan fingerprint density at radius 3 is 2.34 bits per heavy atom. The molecule has 3 atom stereocenters. The molecule has 1 saturated carbocycles. The number of hydrogen-bond acceptors (Lipinski definition) is 4. The fraction of sp³-hybridized carbons (Fsp3) is 0.400. The molecule has 5 heteroatoms. The summed E-state index contributed by atoms with van der Waals surface area (Å²) in [5, 5.41) is 11.0. The standard InChI is InChI=1S/C30H33NO4/c1-2-22(15-21-16-27(33)31(19-21)18-20-9-5-3-6-10-20)26-17-25(32)29(30(34)35-26)28(24-13-14-24)23-11-7-4-8-12-23/h3-12,17,21-22,24,28,32H,2,13-16,18-19H2,1H3. The summed E-state index contributed by atoms with van der Waals surface area (Å²) in [6.07, 6.45) is 4.13. The van der Waals surface area contributed by atoms with Crippen LogP contribution in [0, 0.1) is 11.8 Å². The zero-order chi connectivity index (χ0) is 24.4. The number of hydrogen-bond donors (Lipinski definition) is 1. The molecule has 2 heterocycles. The van der Waals surface area contributed by atoms with E-state index in [1.165, 1.54) is 0 Å². The molecule has 1 amide bonds. The first-order valence-electron chi connectivity index (χ1n) is 12.8. The van der Waals surface area contributed by atoms with Crippen molar-refractivity contribution in [1.82, 2.24) is 4.90 Å². The Bertz CT molecular complexity index is 1220. The van der Waals surface area contributed by atoms with Gasteiger partial charge in [-0.3, -0.25) is 4.79 Å². The van der Waals surface area contributed by atoms with Crippen molar-refractivity contribution in [1.29, 1.82) is 0 Å². The van der Waals surface area contributed by atoms with Crippen LogP contribution in [0.15, 0.2) is 75.9 Å². The molecule has 182 valence electrons. The van der Waals surface area contributed by atoms with Crippen LogP contribution in [0.3, 0.4) is 0 Å². The van der Waals surface area contributed by atoms with Crippen molar-refractivity contribution >= 4 is 5.91 Å². The third-order valence-electron chi connectivity index (χ3n) is 7.57. The Labute approximate surface area is 206 Å². The van der Waals surface area contributed by atoms with E-state index in [4.69, 9.17) is 4.42 Å². The molecule has 0 spiro atoms. The van der Waals surface area contributed by atoms with Gasteiger partial charge in [-0.2, -0.15) is 0 Å². The van der Waals surface area contributed by atoms with E-state index in [9.17, 15) is 14.7 Å². The van der Waals surface area contributed by atoms with Crippen molar-refractivity contribution in [2.45, 2.75) is 57.4 Å². The first-order valence-corrected chi connectivity index (χ1v) is 12.8. The van der Waals surface area contributed by atoms with Gasteiger partial charge in [0.1, 0.15) is 11.5 Å². The number of rotatable bonds is 9. The Hall–Kier alpha value is -3.34. The van der Waals surface area contributed by atoms with Crippen molar-refractivity contribution in [3.63, 3.8) is 0 Å². The molecule has 0 bridgehead atoms. The van der Waals surface area contributed by atoms with Gasteiger partial charge in [0.15, 0.2) is 0 Å². The smallest absolute Gasteiger partial charge is 0.343 e. The van der Waals surface area contributed by atoms with Crippen LogP contribution in [0.5, 0.6) is 5.75 Å². The summed E-state index contributed by atoms with van der Waals surface area (Å²) < 4.78 is 5.87. The van der Waals surface area contributed by atoms with Crippen LogP contribution in [0.2, 0.25) is 0 Å². The minimum absolute atomic E-state index is 0.0202. The van der Waals surface area contributed by atoms with Gasteiger partial charge >= 0.3 is 5.63 Å². The molecule has 3 unspecified atom stereocenters. The van der Waals surface area contributed by atoms with Gasteiger partial charge < -0.3 is 14.4 Å². The average Bonchev–Trinajstić information content (AvgIpc) is 3.64. The molecule has 2 fully saturated rings. The summed E-state index contributed by atoms with van der Waals surface area (Å²) in [7, 11) is 0. The van der Waals surface area contributed by atoms with E-state index in [-0.39, 0.29) is 29.4 Å². The third kappa shape index (κ3) is 5.19. The molecular weight excluding hydrogens is 438 g/mol. The monoisotopic (exact) mass is 471 g/mol. The zero-order valence-corrected chi connectivity index (χ0v) is 20.2. The van der Waals surface area contributed by atoms with Crippen molar-refractivity contribution < 1.29 is 14.3 Å². The molecule has 1 aliphatic heterocycles. The largest absolute Gasteiger partial charge is 0.507 e. The van der Waals surface area contributed by atoms with Gasteiger partial charge in [0.25, 0.3) is 0 Å². The zero-order valence-electron chi connectivity index (χ0n) is 20.2. The third-order valence-corrected chi connectivity index (χ3v) is 7.57. The molecule has 35 heavy (non-hydrogen) atoms. The fourth-order valence-electron chi connectivity index (χ4n) is 5.62. The van der Waals surface area contributed by atoms with Gasteiger partial charge in [0.2, 0.25) is 5.91 Å². The minimum Gasteiger partial charge on any atom is -0.507 e. The van der Waals surface area contributed by atoms with Crippen molar-refractivity contribution in [3.8, 4) is 5.75 Å². The average molecular weight is 472 g/mol. The van der Waals surface area contributed by atoms with Crippen LogP contribution in [-0.2, 0) is 11.3 Å². The molecule has 2 aliphatic rings. The van der Waals surface area contributed by atoms with E-state index in [0.717, 1.165) is 36.8 Å². The maximum Gasteiger partial charge on any atom is 0.343 e. The van der Waals surface area contributed by atoms with Crippen LogP contribution in [0.4, 0.5) is 0 Å². The summed E-state index contributed by atoms with van der Waals surface area (Å²) >= 11 is 0. The van der Waals surface area contributed by atoms with Crippen molar-refractivity contribution in [2.75, 3.05) is 6.54 Å². The van der Waals surface area contributed by atoms with E-state index in [2.05, 4.69) is 6.92 Å². The summed E-state index contributed by atoms with van der Waals surface area (Å²) in [5.41, 5.74) is 2.11. The number of likely N-dealkylation sites (tertiary alicyclic amines) is 1. The van der Waals surface area contributed by atoms with Gasteiger partial charge in [-0.15, -0.1) is 0 Å². The lowest BCUT2D eigenvalue weighted by Crippen LogP contribution is -2.24. The van der Waals surface area contributed by atoms with E-state index < -0.39 is 5.63 Å². The topological polar surface area (TPSA) is 70.8 Å². The molecular formula is C30H33NO4. The molecule has 1 aromatic heterocycles. The Balaban J connectivity index is 1.33. The van der Waals surface area contributed by atoms with Gasteiger partial charge in [-0.05, 0) is 48.6 Å². The number of carbonyl (C=O) groups is 1. The quantitative estimate of drug-likeness (QED) is 0.427. The van der Waals surface area contributed by atoms with Crippen molar-refractivity contribution in [2.24, 2.45) is 11.8 Å². The summed E-state index contributed by atoms with van der Waals surface area (Å²) in [6, 6.07) is 21.6. The number of benzene rings is 2. The molecule has 1 aliphatic carbocycles. The summed E-state index contributed by atoms with van der Waals surface area (Å²) in [5.74, 6) is 1.13. The highest BCUT2D eigenvalue weighted by atomic mass is 16.4. The van der Waals surface area contributed by atoms with E-state index in [1.54, 1.807) is 6.07 Å². The van der Waals surface area contributed by atoms with Crippen LogP contribution < -0.4 is 5.63 Å². The molecule has 3 aromatic rings. The first-order chi connectivity index (χ1) is 17.0. The van der Waals surface area contributed by atoms with Gasteiger partial charge in [-0.25, -0.2) is 4.79 Å². The van der Waals surface area contributed by atoms with E-state index >= 15 is 0 Å². The number of amides is 1.